The molecule has 0 aromatic heterocycles. The van der Waals surface area contributed by atoms with Gasteiger partial charge in [-0.15, -0.1) is 0 Å². The van der Waals surface area contributed by atoms with Crippen LogP contribution >= 0.6 is 0 Å². The van der Waals surface area contributed by atoms with Crippen molar-refractivity contribution in [1.29, 1.82) is 0 Å². The van der Waals surface area contributed by atoms with Crippen LogP contribution in [-0.4, -0.2) is 56.4 Å². The van der Waals surface area contributed by atoms with E-state index < -0.39 is 0 Å². The quantitative estimate of drug-likeness (QED) is 0.604. The first-order valence-corrected chi connectivity index (χ1v) is 4.52. The van der Waals surface area contributed by atoms with E-state index in [1.807, 2.05) is 6.79 Å². The van der Waals surface area contributed by atoms with Crippen molar-refractivity contribution in [3.8, 4) is 0 Å². The molecule has 0 spiro atoms. The van der Waals surface area contributed by atoms with Crippen molar-refractivity contribution in [1.82, 2.24) is 9.80 Å². The fourth-order valence-corrected chi connectivity index (χ4v) is 1.39. The molecule has 0 saturated carbocycles. The van der Waals surface area contributed by atoms with Crippen LogP contribution in [0, 0.1) is 0 Å². The molecule has 0 radical (unpaired) electrons. The SMILES string of the molecule is C=O.CCCN1CCN(C)CC1. The molecule has 1 rings (SSSR count). The Morgan fingerprint density at radius 2 is 1.67 bits per heavy atom. The van der Waals surface area contributed by atoms with Crippen molar-refractivity contribution < 1.29 is 4.79 Å². The molecule has 0 aliphatic carbocycles. The van der Waals surface area contributed by atoms with Crippen LogP contribution in [-0.2, 0) is 4.79 Å². The summed E-state index contributed by atoms with van der Waals surface area (Å²) in [6.07, 6.45) is 1.30. The van der Waals surface area contributed by atoms with Crippen LogP contribution in [0.3, 0.4) is 0 Å². The van der Waals surface area contributed by atoms with E-state index in [9.17, 15) is 0 Å². The number of nitrogens with zero attached hydrogens (tertiary/aromatic N) is 2. The van der Waals surface area contributed by atoms with Crippen LogP contribution in [0.15, 0.2) is 0 Å². The highest BCUT2D eigenvalue weighted by Gasteiger charge is 2.11. The summed E-state index contributed by atoms with van der Waals surface area (Å²) in [5.41, 5.74) is 0. The number of hydrogen-bond donors (Lipinski definition) is 0. The topological polar surface area (TPSA) is 23.6 Å². The van der Waals surface area contributed by atoms with Gasteiger partial charge in [0.05, 0.1) is 0 Å². The summed E-state index contributed by atoms with van der Waals surface area (Å²) < 4.78 is 0. The van der Waals surface area contributed by atoms with Gasteiger partial charge >= 0.3 is 0 Å². The maximum Gasteiger partial charge on any atom is 0.106 e. The van der Waals surface area contributed by atoms with E-state index in [0.29, 0.717) is 0 Å². The van der Waals surface area contributed by atoms with Gasteiger partial charge in [0.1, 0.15) is 6.79 Å². The van der Waals surface area contributed by atoms with Gasteiger partial charge in [-0.2, -0.15) is 0 Å². The van der Waals surface area contributed by atoms with Crippen LogP contribution in [0.5, 0.6) is 0 Å². The Bertz CT molecular complexity index is 101. The minimum atomic E-state index is 1.25. The van der Waals surface area contributed by atoms with Crippen molar-refractivity contribution in [2.75, 3.05) is 39.8 Å². The minimum absolute atomic E-state index is 1.25. The molecular formula is C9H20N2O. The van der Waals surface area contributed by atoms with Gasteiger partial charge in [0.15, 0.2) is 0 Å². The molecule has 0 bridgehead atoms. The van der Waals surface area contributed by atoms with Crippen LogP contribution in [0.2, 0.25) is 0 Å². The van der Waals surface area contributed by atoms with Gasteiger partial charge in [0.2, 0.25) is 0 Å². The Kier molecular flexibility index (Phi) is 7.00. The van der Waals surface area contributed by atoms with Crippen molar-refractivity contribution >= 4 is 6.79 Å². The molecule has 1 heterocycles. The number of hydrogen-bond acceptors (Lipinski definition) is 3. The second kappa shape index (κ2) is 7.25. The summed E-state index contributed by atoms with van der Waals surface area (Å²) in [4.78, 5) is 12.9. The van der Waals surface area contributed by atoms with Gasteiger partial charge in [-0.3, -0.25) is 0 Å². The van der Waals surface area contributed by atoms with Crippen LogP contribution in [0.1, 0.15) is 13.3 Å². The summed E-state index contributed by atoms with van der Waals surface area (Å²) in [5, 5.41) is 0. The number of carbonyl (C=O) groups is 1. The van der Waals surface area contributed by atoms with Crippen molar-refractivity contribution in [3.05, 3.63) is 0 Å². The molecule has 1 aliphatic rings. The monoisotopic (exact) mass is 172 g/mol. The zero-order valence-electron chi connectivity index (χ0n) is 8.25. The van der Waals surface area contributed by atoms with Gasteiger partial charge in [0, 0.05) is 26.2 Å². The molecule has 1 fully saturated rings. The molecule has 0 atom stereocenters. The molecule has 1 aliphatic heterocycles. The Hall–Kier alpha value is -0.410. The first kappa shape index (κ1) is 11.6. The van der Waals surface area contributed by atoms with E-state index in [-0.39, 0.29) is 0 Å². The standard InChI is InChI=1S/C8H18N2.CH2O/c1-3-4-10-7-5-9(2)6-8-10;1-2/h3-8H2,1-2H3;1H2. The summed E-state index contributed by atoms with van der Waals surface area (Å²) >= 11 is 0. The number of carbonyl (C=O) groups excluding carboxylic acids is 1. The lowest BCUT2D eigenvalue weighted by Crippen LogP contribution is -2.44. The lowest BCUT2D eigenvalue weighted by molar-refractivity contribution is -0.0979. The Balaban J connectivity index is 0.000000561. The van der Waals surface area contributed by atoms with Crippen LogP contribution in [0.4, 0.5) is 0 Å². The summed E-state index contributed by atoms with van der Waals surface area (Å²) in [6.45, 7) is 10.6. The van der Waals surface area contributed by atoms with E-state index in [1.165, 1.54) is 39.1 Å². The molecule has 0 N–H and O–H groups in total. The second-order valence-electron chi connectivity index (χ2n) is 3.14. The van der Waals surface area contributed by atoms with Gasteiger partial charge < -0.3 is 14.6 Å². The van der Waals surface area contributed by atoms with Gasteiger partial charge in [-0.25, -0.2) is 0 Å². The Morgan fingerprint density at radius 1 is 1.17 bits per heavy atom. The average molecular weight is 172 g/mol. The number of likely N-dealkylation sites (N-methyl/N-ethyl adjacent to an activating group) is 1. The predicted octanol–water partition coefficient (Wildman–Crippen LogP) is 0.459. The lowest BCUT2D eigenvalue weighted by Gasteiger charge is -2.31. The third-order valence-corrected chi connectivity index (χ3v) is 2.14. The zero-order chi connectivity index (χ0) is 9.40. The highest BCUT2D eigenvalue weighted by molar-refractivity contribution is 5.10. The molecule has 0 unspecified atom stereocenters. The maximum atomic E-state index is 8.00. The molecule has 1 saturated heterocycles. The Morgan fingerprint density at radius 3 is 2.08 bits per heavy atom. The van der Waals surface area contributed by atoms with Gasteiger partial charge in [0.25, 0.3) is 0 Å². The zero-order valence-corrected chi connectivity index (χ0v) is 8.25. The summed E-state index contributed by atoms with van der Waals surface area (Å²) in [5.74, 6) is 0. The molecule has 12 heavy (non-hydrogen) atoms. The first-order chi connectivity index (χ1) is 5.83. The number of rotatable bonds is 2. The fraction of sp³-hybridized carbons (Fsp3) is 0.889. The largest absolute Gasteiger partial charge is 0.307 e. The average Bonchev–Trinajstić information content (AvgIpc) is 2.13. The van der Waals surface area contributed by atoms with Crippen molar-refractivity contribution in [2.24, 2.45) is 0 Å². The predicted molar refractivity (Wildman–Crippen MR) is 51.3 cm³/mol. The minimum Gasteiger partial charge on any atom is -0.307 e. The van der Waals surface area contributed by atoms with Crippen molar-refractivity contribution in [3.63, 3.8) is 0 Å². The Labute approximate surface area is 75.3 Å². The molecule has 0 amide bonds. The highest BCUT2D eigenvalue weighted by Crippen LogP contribution is 1.98. The van der Waals surface area contributed by atoms with E-state index in [2.05, 4.69) is 23.8 Å². The molecular weight excluding hydrogens is 152 g/mol. The second-order valence-corrected chi connectivity index (χ2v) is 3.14. The lowest BCUT2D eigenvalue weighted by atomic mass is 10.3. The normalized spacial score (nSPS) is 19.8. The van der Waals surface area contributed by atoms with Crippen molar-refractivity contribution in [2.45, 2.75) is 13.3 Å². The molecule has 3 nitrogen and oxygen atoms in total. The fourth-order valence-electron chi connectivity index (χ4n) is 1.39. The summed E-state index contributed by atoms with van der Waals surface area (Å²) in [6, 6.07) is 0. The summed E-state index contributed by atoms with van der Waals surface area (Å²) in [7, 11) is 2.20. The smallest absolute Gasteiger partial charge is 0.106 e. The number of piperazine rings is 1. The maximum absolute atomic E-state index is 8.00. The van der Waals surface area contributed by atoms with E-state index in [4.69, 9.17) is 4.79 Å². The van der Waals surface area contributed by atoms with Gasteiger partial charge in [-0.1, -0.05) is 6.92 Å². The highest BCUT2D eigenvalue weighted by atomic mass is 16.1. The van der Waals surface area contributed by atoms with Crippen LogP contribution < -0.4 is 0 Å². The third kappa shape index (κ3) is 4.46. The first-order valence-electron chi connectivity index (χ1n) is 4.52. The molecule has 0 aromatic rings. The molecule has 3 heteroatoms. The van der Waals surface area contributed by atoms with E-state index in [1.54, 1.807) is 0 Å². The van der Waals surface area contributed by atoms with E-state index in [0.717, 1.165) is 0 Å². The molecule has 0 aromatic carbocycles. The third-order valence-electron chi connectivity index (χ3n) is 2.14. The molecule has 72 valence electrons. The van der Waals surface area contributed by atoms with Crippen LogP contribution in [0.25, 0.3) is 0 Å². The van der Waals surface area contributed by atoms with E-state index >= 15 is 0 Å². The van der Waals surface area contributed by atoms with Gasteiger partial charge in [-0.05, 0) is 20.0 Å².